The second-order valence-corrected chi connectivity index (χ2v) is 4.75. The van der Waals surface area contributed by atoms with Crippen LogP contribution in [0.1, 0.15) is 18.9 Å². The summed E-state index contributed by atoms with van der Waals surface area (Å²) in [4.78, 5) is 4.33. The lowest BCUT2D eigenvalue weighted by atomic mass is 10.1. The second kappa shape index (κ2) is 7.47. The van der Waals surface area contributed by atoms with Crippen LogP contribution in [0.4, 0.5) is 15.9 Å². The third-order valence-corrected chi connectivity index (χ3v) is 2.94. The van der Waals surface area contributed by atoms with Gasteiger partial charge in [-0.3, -0.25) is 0 Å². The first-order chi connectivity index (χ1) is 10.2. The third-order valence-electron chi connectivity index (χ3n) is 2.94. The van der Waals surface area contributed by atoms with Gasteiger partial charge >= 0.3 is 0 Å². The van der Waals surface area contributed by atoms with E-state index in [0.717, 1.165) is 18.4 Å². The summed E-state index contributed by atoms with van der Waals surface area (Å²) < 4.78 is 18.6. The topological polar surface area (TPSA) is 60.2 Å². The van der Waals surface area contributed by atoms with Crippen molar-refractivity contribution < 1.29 is 9.13 Å². The fourth-order valence-corrected chi connectivity index (χ4v) is 1.89. The van der Waals surface area contributed by atoms with E-state index in [-0.39, 0.29) is 5.82 Å². The SMILES string of the molecule is CCCOc1nc(NCCc2cccc(F)c2)ccc1N. The Morgan fingerprint density at radius 1 is 1.29 bits per heavy atom. The normalized spacial score (nSPS) is 10.4. The molecule has 3 N–H and O–H groups in total. The number of nitrogen functional groups attached to an aromatic ring is 1. The quantitative estimate of drug-likeness (QED) is 0.821. The van der Waals surface area contributed by atoms with E-state index < -0.39 is 0 Å². The van der Waals surface area contributed by atoms with Crippen LogP contribution < -0.4 is 15.8 Å². The fraction of sp³-hybridized carbons (Fsp3) is 0.312. The molecule has 2 aromatic rings. The van der Waals surface area contributed by atoms with Crippen molar-refractivity contribution in [2.75, 3.05) is 24.2 Å². The number of nitrogens with one attached hydrogen (secondary N) is 1. The third kappa shape index (κ3) is 4.63. The molecule has 0 aliphatic rings. The second-order valence-electron chi connectivity index (χ2n) is 4.75. The summed E-state index contributed by atoms with van der Waals surface area (Å²) in [5.74, 6) is 0.938. The van der Waals surface area contributed by atoms with Gasteiger partial charge in [0.2, 0.25) is 5.88 Å². The average Bonchev–Trinajstić information content (AvgIpc) is 2.48. The van der Waals surface area contributed by atoms with Crippen molar-refractivity contribution in [2.24, 2.45) is 0 Å². The van der Waals surface area contributed by atoms with Crippen molar-refractivity contribution in [3.05, 3.63) is 47.8 Å². The monoisotopic (exact) mass is 289 g/mol. The summed E-state index contributed by atoms with van der Waals surface area (Å²) in [5.41, 5.74) is 7.28. The zero-order valence-corrected chi connectivity index (χ0v) is 12.1. The van der Waals surface area contributed by atoms with Crippen LogP contribution in [0.2, 0.25) is 0 Å². The molecular weight excluding hydrogens is 269 g/mol. The Labute approximate surface area is 124 Å². The van der Waals surface area contributed by atoms with Gasteiger partial charge in [0.1, 0.15) is 11.6 Å². The highest BCUT2D eigenvalue weighted by molar-refractivity contribution is 5.53. The highest BCUT2D eigenvalue weighted by atomic mass is 19.1. The molecule has 0 saturated carbocycles. The van der Waals surface area contributed by atoms with Crippen LogP contribution in [-0.2, 0) is 6.42 Å². The maximum absolute atomic E-state index is 13.1. The van der Waals surface area contributed by atoms with E-state index in [4.69, 9.17) is 10.5 Å². The molecule has 1 aromatic heterocycles. The van der Waals surface area contributed by atoms with Gasteiger partial charge in [0.25, 0.3) is 0 Å². The highest BCUT2D eigenvalue weighted by Gasteiger charge is 2.04. The number of nitrogens with zero attached hydrogens (tertiary/aromatic N) is 1. The van der Waals surface area contributed by atoms with E-state index in [0.29, 0.717) is 30.5 Å². The van der Waals surface area contributed by atoms with E-state index in [1.807, 2.05) is 13.0 Å². The zero-order chi connectivity index (χ0) is 15.1. The van der Waals surface area contributed by atoms with Gasteiger partial charge in [-0.2, -0.15) is 4.98 Å². The number of rotatable bonds is 7. The lowest BCUT2D eigenvalue weighted by molar-refractivity contribution is 0.307. The number of benzene rings is 1. The molecule has 21 heavy (non-hydrogen) atoms. The zero-order valence-electron chi connectivity index (χ0n) is 12.1. The molecule has 0 atom stereocenters. The van der Waals surface area contributed by atoms with Crippen molar-refractivity contribution in [1.82, 2.24) is 4.98 Å². The summed E-state index contributed by atoms with van der Waals surface area (Å²) in [7, 11) is 0. The lowest BCUT2D eigenvalue weighted by Crippen LogP contribution is -2.08. The highest BCUT2D eigenvalue weighted by Crippen LogP contribution is 2.21. The van der Waals surface area contributed by atoms with Gasteiger partial charge in [-0.25, -0.2) is 4.39 Å². The Kier molecular flexibility index (Phi) is 5.37. The summed E-state index contributed by atoms with van der Waals surface area (Å²) in [6.45, 7) is 3.27. The molecule has 0 radical (unpaired) electrons. The van der Waals surface area contributed by atoms with Crippen LogP contribution in [0.5, 0.6) is 5.88 Å². The maximum atomic E-state index is 13.1. The number of pyridine rings is 1. The Bertz CT molecular complexity index is 589. The minimum Gasteiger partial charge on any atom is -0.476 e. The van der Waals surface area contributed by atoms with Gasteiger partial charge in [0.15, 0.2) is 0 Å². The molecule has 1 heterocycles. The molecule has 0 bridgehead atoms. The van der Waals surface area contributed by atoms with Crippen LogP contribution in [0.15, 0.2) is 36.4 Å². The first-order valence-electron chi connectivity index (χ1n) is 7.06. The van der Waals surface area contributed by atoms with Crippen molar-refractivity contribution >= 4 is 11.5 Å². The summed E-state index contributed by atoms with van der Waals surface area (Å²) in [6, 6.07) is 10.2. The number of hydrogen-bond acceptors (Lipinski definition) is 4. The first kappa shape index (κ1) is 15.1. The molecule has 0 aliphatic heterocycles. The molecular formula is C16H20FN3O. The van der Waals surface area contributed by atoms with Gasteiger partial charge in [-0.1, -0.05) is 19.1 Å². The number of anilines is 2. The van der Waals surface area contributed by atoms with Crippen molar-refractivity contribution in [1.29, 1.82) is 0 Å². The van der Waals surface area contributed by atoms with Gasteiger partial charge in [-0.15, -0.1) is 0 Å². The summed E-state index contributed by atoms with van der Waals surface area (Å²) >= 11 is 0. The smallest absolute Gasteiger partial charge is 0.239 e. The number of aromatic nitrogens is 1. The maximum Gasteiger partial charge on any atom is 0.239 e. The fourth-order valence-electron chi connectivity index (χ4n) is 1.89. The van der Waals surface area contributed by atoms with Crippen LogP contribution >= 0.6 is 0 Å². The van der Waals surface area contributed by atoms with Crippen molar-refractivity contribution in [3.8, 4) is 5.88 Å². The lowest BCUT2D eigenvalue weighted by Gasteiger charge is -2.10. The van der Waals surface area contributed by atoms with E-state index >= 15 is 0 Å². The predicted octanol–water partition coefficient (Wildman–Crippen LogP) is 3.25. The van der Waals surface area contributed by atoms with Gasteiger partial charge in [0, 0.05) is 6.54 Å². The summed E-state index contributed by atoms with van der Waals surface area (Å²) in [5, 5.41) is 3.19. The average molecular weight is 289 g/mol. The van der Waals surface area contributed by atoms with Gasteiger partial charge in [0.05, 0.1) is 12.3 Å². The van der Waals surface area contributed by atoms with Crippen LogP contribution in [0, 0.1) is 5.82 Å². The Hall–Kier alpha value is -2.30. The molecule has 0 aliphatic carbocycles. The van der Waals surface area contributed by atoms with Crippen LogP contribution in [0.25, 0.3) is 0 Å². The Balaban J connectivity index is 1.91. The van der Waals surface area contributed by atoms with Gasteiger partial charge < -0.3 is 15.8 Å². The molecule has 0 fully saturated rings. The number of nitrogens with two attached hydrogens (primary N) is 1. The van der Waals surface area contributed by atoms with E-state index in [1.165, 1.54) is 12.1 Å². The standard InChI is InChI=1S/C16H20FN3O/c1-2-10-21-16-14(18)6-7-15(20-16)19-9-8-12-4-3-5-13(17)11-12/h3-7,11H,2,8-10,18H2,1H3,(H,19,20). The summed E-state index contributed by atoms with van der Waals surface area (Å²) in [6.07, 6.45) is 1.62. The van der Waals surface area contributed by atoms with Crippen LogP contribution in [-0.4, -0.2) is 18.1 Å². The minimum absolute atomic E-state index is 0.214. The minimum atomic E-state index is -0.214. The predicted molar refractivity (Wildman–Crippen MR) is 83.0 cm³/mol. The molecule has 0 spiro atoms. The Morgan fingerprint density at radius 3 is 2.90 bits per heavy atom. The molecule has 0 amide bonds. The first-order valence-corrected chi connectivity index (χ1v) is 7.06. The van der Waals surface area contributed by atoms with Crippen LogP contribution in [0.3, 0.4) is 0 Å². The van der Waals surface area contributed by atoms with E-state index in [2.05, 4.69) is 10.3 Å². The number of hydrogen-bond donors (Lipinski definition) is 2. The molecule has 0 unspecified atom stereocenters. The molecule has 5 heteroatoms. The molecule has 4 nitrogen and oxygen atoms in total. The largest absolute Gasteiger partial charge is 0.476 e. The number of halogens is 1. The molecule has 1 aromatic carbocycles. The number of ether oxygens (including phenoxy) is 1. The van der Waals surface area contributed by atoms with Crippen molar-refractivity contribution in [3.63, 3.8) is 0 Å². The molecule has 0 saturated heterocycles. The van der Waals surface area contributed by atoms with E-state index in [9.17, 15) is 4.39 Å². The Morgan fingerprint density at radius 2 is 2.14 bits per heavy atom. The molecule has 2 rings (SSSR count). The van der Waals surface area contributed by atoms with E-state index in [1.54, 1.807) is 18.2 Å². The van der Waals surface area contributed by atoms with Gasteiger partial charge in [-0.05, 0) is 42.7 Å². The van der Waals surface area contributed by atoms with Crippen molar-refractivity contribution in [2.45, 2.75) is 19.8 Å². The molecule has 112 valence electrons.